The zero-order valence-corrected chi connectivity index (χ0v) is 13.8. The maximum atomic E-state index is 12.3. The SMILES string of the molecule is COCCNC(=O)C(=O)Nc1cc2c3c(c1)[C@H](C)C(=O)N3CCC2. The van der Waals surface area contributed by atoms with Gasteiger partial charge in [-0.2, -0.15) is 0 Å². The van der Waals surface area contributed by atoms with E-state index in [2.05, 4.69) is 10.6 Å². The smallest absolute Gasteiger partial charge is 0.313 e. The molecule has 0 radical (unpaired) electrons. The van der Waals surface area contributed by atoms with Crippen LogP contribution >= 0.6 is 0 Å². The predicted octanol–water partition coefficient (Wildman–Crippen LogP) is 0.784. The molecule has 0 spiro atoms. The van der Waals surface area contributed by atoms with E-state index in [-0.39, 0.29) is 18.4 Å². The molecule has 3 amide bonds. The average molecular weight is 331 g/mol. The van der Waals surface area contributed by atoms with Crippen molar-refractivity contribution < 1.29 is 19.1 Å². The second-order valence-corrected chi connectivity index (χ2v) is 6.09. The Balaban J connectivity index is 1.78. The van der Waals surface area contributed by atoms with Crippen LogP contribution in [-0.2, 0) is 25.5 Å². The highest BCUT2D eigenvalue weighted by atomic mass is 16.5. The van der Waals surface area contributed by atoms with Gasteiger partial charge in [0.1, 0.15) is 0 Å². The van der Waals surface area contributed by atoms with Crippen LogP contribution in [-0.4, -0.2) is 44.5 Å². The summed E-state index contributed by atoms with van der Waals surface area (Å²) >= 11 is 0. The fourth-order valence-electron chi connectivity index (χ4n) is 3.30. The van der Waals surface area contributed by atoms with Crippen LogP contribution in [0.2, 0.25) is 0 Å². The molecule has 0 aliphatic carbocycles. The lowest BCUT2D eigenvalue weighted by atomic mass is 9.96. The van der Waals surface area contributed by atoms with Crippen LogP contribution in [0.4, 0.5) is 11.4 Å². The van der Waals surface area contributed by atoms with Gasteiger partial charge in [-0.05, 0) is 43.0 Å². The minimum atomic E-state index is -0.720. The highest BCUT2D eigenvalue weighted by Gasteiger charge is 2.38. The molecule has 2 heterocycles. The molecule has 0 unspecified atom stereocenters. The lowest BCUT2D eigenvalue weighted by molar-refractivity contribution is -0.136. The summed E-state index contributed by atoms with van der Waals surface area (Å²) in [6.45, 7) is 3.24. The largest absolute Gasteiger partial charge is 0.383 e. The maximum absolute atomic E-state index is 12.3. The number of ether oxygens (including phenoxy) is 1. The number of benzene rings is 1. The van der Waals surface area contributed by atoms with Crippen LogP contribution in [0.15, 0.2) is 12.1 Å². The topological polar surface area (TPSA) is 87.7 Å². The molecule has 7 nitrogen and oxygen atoms in total. The molecule has 0 fully saturated rings. The quantitative estimate of drug-likeness (QED) is 0.630. The minimum Gasteiger partial charge on any atom is -0.383 e. The minimum absolute atomic E-state index is 0.103. The third kappa shape index (κ3) is 2.87. The fraction of sp³-hybridized carbons (Fsp3) is 0.471. The average Bonchev–Trinajstić information content (AvgIpc) is 2.82. The van der Waals surface area contributed by atoms with Gasteiger partial charge in [-0.15, -0.1) is 0 Å². The number of amides is 3. The third-order valence-corrected chi connectivity index (χ3v) is 4.47. The van der Waals surface area contributed by atoms with E-state index in [1.807, 2.05) is 17.9 Å². The van der Waals surface area contributed by atoms with Crippen LogP contribution < -0.4 is 15.5 Å². The first-order valence-electron chi connectivity index (χ1n) is 8.09. The van der Waals surface area contributed by atoms with Crippen molar-refractivity contribution in [3.05, 3.63) is 23.3 Å². The van der Waals surface area contributed by atoms with E-state index in [4.69, 9.17) is 4.74 Å². The van der Waals surface area contributed by atoms with E-state index in [1.165, 1.54) is 7.11 Å². The van der Waals surface area contributed by atoms with Gasteiger partial charge in [-0.1, -0.05) is 0 Å². The van der Waals surface area contributed by atoms with Crippen molar-refractivity contribution in [2.45, 2.75) is 25.7 Å². The molecule has 24 heavy (non-hydrogen) atoms. The highest BCUT2D eigenvalue weighted by Crippen LogP contribution is 2.44. The number of anilines is 2. The summed E-state index contributed by atoms with van der Waals surface area (Å²) in [5.74, 6) is -1.54. The van der Waals surface area contributed by atoms with Gasteiger partial charge in [-0.3, -0.25) is 14.4 Å². The molecule has 0 saturated heterocycles. The Labute approximate surface area is 140 Å². The molecule has 2 aliphatic rings. The Hall–Kier alpha value is -2.41. The van der Waals surface area contributed by atoms with Gasteiger partial charge >= 0.3 is 11.8 Å². The number of aryl methyl sites for hydroxylation is 1. The molecule has 1 aromatic rings. The van der Waals surface area contributed by atoms with Crippen LogP contribution in [0.5, 0.6) is 0 Å². The second-order valence-electron chi connectivity index (χ2n) is 6.09. The van der Waals surface area contributed by atoms with Crippen molar-refractivity contribution in [3.63, 3.8) is 0 Å². The molecule has 1 aromatic carbocycles. The summed E-state index contributed by atoms with van der Waals surface area (Å²) in [6.07, 6.45) is 1.77. The van der Waals surface area contributed by atoms with Gasteiger partial charge < -0.3 is 20.3 Å². The van der Waals surface area contributed by atoms with Gasteiger partial charge in [0.25, 0.3) is 0 Å². The summed E-state index contributed by atoms with van der Waals surface area (Å²) in [5, 5.41) is 5.11. The summed E-state index contributed by atoms with van der Waals surface area (Å²) in [4.78, 5) is 37.9. The number of methoxy groups -OCH3 is 1. The molecule has 0 aromatic heterocycles. The van der Waals surface area contributed by atoms with Crippen molar-refractivity contribution >= 4 is 29.1 Å². The lowest BCUT2D eigenvalue weighted by Crippen LogP contribution is -2.37. The lowest BCUT2D eigenvalue weighted by Gasteiger charge is -2.26. The molecule has 0 saturated carbocycles. The molecule has 2 N–H and O–H groups in total. The molecular weight excluding hydrogens is 310 g/mol. The Morgan fingerprint density at radius 3 is 2.88 bits per heavy atom. The van der Waals surface area contributed by atoms with E-state index in [0.29, 0.717) is 12.3 Å². The first-order valence-corrected chi connectivity index (χ1v) is 8.09. The van der Waals surface area contributed by atoms with E-state index in [9.17, 15) is 14.4 Å². The maximum Gasteiger partial charge on any atom is 0.313 e. The first kappa shape index (κ1) is 16.4. The van der Waals surface area contributed by atoms with E-state index >= 15 is 0 Å². The van der Waals surface area contributed by atoms with E-state index < -0.39 is 11.8 Å². The monoisotopic (exact) mass is 331 g/mol. The highest BCUT2D eigenvalue weighted by molar-refractivity contribution is 6.39. The molecule has 0 bridgehead atoms. The summed E-state index contributed by atoms with van der Waals surface area (Å²) < 4.78 is 4.83. The second kappa shape index (κ2) is 6.60. The van der Waals surface area contributed by atoms with Gasteiger partial charge in [-0.25, -0.2) is 0 Å². The van der Waals surface area contributed by atoms with Gasteiger partial charge in [0, 0.05) is 25.9 Å². The molecule has 3 rings (SSSR count). The number of hydrogen-bond donors (Lipinski definition) is 2. The van der Waals surface area contributed by atoms with Crippen LogP contribution in [0.3, 0.4) is 0 Å². The molecule has 7 heteroatoms. The number of hydrogen-bond acceptors (Lipinski definition) is 4. The number of carbonyl (C=O) groups excluding carboxylic acids is 3. The molecule has 128 valence electrons. The molecule has 1 atom stereocenters. The normalized spacial score (nSPS) is 18.3. The van der Waals surface area contributed by atoms with Crippen molar-refractivity contribution in [3.8, 4) is 0 Å². The number of nitrogens with zero attached hydrogens (tertiary/aromatic N) is 1. The predicted molar refractivity (Wildman–Crippen MR) is 89.0 cm³/mol. The standard InChI is InChI=1S/C17H21N3O4/c1-10-13-9-12(19-16(22)15(21)18-5-7-24-2)8-11-4-3-6-20(14(11)13)17(10)23/h8-10H,3-7H2,1-2H3,(H,18,21)(H,19,22)/t10-/m0/s1. The van der Waals surface area contributed by atoms with Crippen molar-refractivity contribution in [1.82, 2.24) is 5.32 Å². The van der Waals surface area contributed by atoms with Crippen molar-refractivity contribution in [1.29, 1.82) is 0 Å². The van der Waals surface area contributed by atoms with Gasteiger partial charge in [0.2, 0.25) is 5.91 Å². The number of rotatable bonds is 4. The zero-order valence-electron chi connectivity index (χ0n) is 13.8. The summed E-state index contributed by atoms with van der Waals surface area (Å²) in [7, 11) is 1.52. The van der Waals surface area contributed by atoms with Crippen molar-refractivity contribution in [2.24, 2.45) is 0 Å². The van der Waals surface area contributed by atoms with E-state index in [0.717, 1.165) is 36.2 Å². The van der Waals surface area contributed by atoms with Crippen LogP contribution in [0.1, 0.15) is 30.4 Å². The third-order valence-electron chi connectivity index (χ3n) is 4.47. The molecular formula is C17H21N3O4. The van der Waals surface area contributed by atoms with Crippen LogP contribution in [0.25, 0.3) is 0 Å². The first-order chi connectivity index (χ1) is 11.5. The number of carbonyl (C=O) groups is 3. The van der Waals surface area contributed by atoms with Crippen molar-refractivity contribution in [2.75, 3.05) is 37.0 Å². The Kier molecular flexibility index (Phi) is 4.53. The summed E-state index contributed by atoms with van der Waals surface area (Å²) in [5.41, 5.74) is 3.51. The van der Waals surface area contributed by atoms with Gasteiger partial charge in [0.05, 0.1) is 18.2 Å². The van der Waals surface area contributed by atoms with Gasteiger partial charge in [0.15, 0.2) is 0 Å². The fourth-order valence-corrected chi connectivity index (χ4v) is 3.30. The Bertz CT molecular complexity index is 701. The Morgan fingerprint density at radius 1 is 1.33 bits per heavy atom. The van der Waals surface area contributed by atoms with Crippen LogP contribution in [0, 0.1) is 0 Å². The molecule has 2 aliphatic heterocycles. The van der Waals surface area contributed by atoms with E-state index in [1.54, 1.807) is 6.07 Å². The number of nitrogens with one attached hydrogen (secondary N) is 2. The summed E-state index contributed by atoms with van der Waals surface area (Å²) in [6, 6.07) is 3.66. The zero-order chi connectivity index (χ0) is 17.3. The Morgan fingerprint density at radius 2 is 2.12 bits per heavy atom.